The van der Waals surface area contributed by atoms with Crippen LogP contribution in [0.3, 0.4) is 0 Å². The van der Waals surface area contributed by atoms with Crippen LogP contribution in [0.15, 0.2) is 122 Å². The predicted octanol–water partition coefficient (Wildman–Crippen LogP) is 17.1. The van der Waals surface area contributed by atoms with E-state index in [9.17, 15) is 19.5 Å². The number of allylic oxidation sites excluding steroid dienone is 20. The number of ether oxygens (including phenoxy) is 4. The van der Waals surface area contributed by atoms with Crippen LogP contribution in [0, 0.1) is 0 Å². The van der Waals surface area contributed by atoms with E-state index in [4.69, 9.17) is 18.9 Å². The second-order valence-corrected chi connectivity index (χ2v) is 21.3. The second-order valence-electron chi connectivity index (χ2n) is 21.3. The quantitative estimate of drug-likeness (QED) is 0.0195. The Morgan fingerprint density at radius 2 is 0.740 bits per heavy atom. The zero-order valence-corrected chi connectivity index (χ0v) is 49.8. The Kier molecular flexibility index (Phi) is 54.6. The van der Waals surface area contributed by atoms with E-state index in [1.54, 1.807) is 0 Å². The van der Waals surface area contributed by atoms with E-state index < -0.39 is 24.3 Å². The number of unbranched alkanes of at least 4 members (excludes halogenated alkanes) is 20. The Morgan fingerprint density at radius 1 is 0.403 bits per heavy atom. The van der Waals surface area contributed by atoms with Gasteiger partial charge in [-0.2, -0.15) is 0 Å². The summed E-state index contributed by atoms with van der Waals surface area (Å²) >= 11 is 0. The van der Waals surface area contributed by atoms with Crippen molar-refractivity contribution in [2.75, 3.05) is 47.5 Å². The van der Waals surface area contributed by atoms with Crippen LogP contribution in [0.1, 0.15) is 232 Å². The van der Waals surface area contributed by atoms with Crippen LogP contribution in [0.5, 0.6) is 0 Å². The Hall–Kier alpha value is -4.31. The highest BCUT2D eigenvalue weighted by Crippen LogP contribution is 2.14. The summed E-state index contributed by atoms with van der Waals surface area (Å²) < 4.78 is 22.7. The van der Waals surface area contributed by atoms with Crippen LogP contribution in [0.25, 0.3) is 0 Å². The Balaban J connectivity index is 4.30. The fourth-order valence-corrected chi connectivity index (χ4v) is 7.99. The average Bonchev–Trinajstić information content (AvgIpc) is 3.40. The van der Waals surface area contributed by atoms with Crippen LogP contribution in [-0.4, -0.2) is 82.3 Å². The number of likely N-dealkylation sites (N-methyl/N-ethyl adjacent to an activating group) is 1. The summed E-state index contributed by atoms with van der Waals surface area (Å²) in [5.41, 5.74) is 0. The fraction of sp³-hybridized carbons (Fsp3) is 0.662. The molecule has 0 saturated carbocycles. The maximum Gasteiger partial charge on any atom is 0.306 e. The Morgan fingerprint density at radius 3 is 1.10 bits per heavy atom. The number of quaternary nitrogens is 1. The van der Waals surface area contributed by atoms with Gasteiger partial charge in [-0.15, -0.1) is 0 Å². The summed E-state index contributed by atoms with van der Waals surface area (Å²) in [6.45, 7) is 4.59. The minimum Gasteiger partial charge on any atom is -0.545 e. The summed E-state index contributed by atoms with van der Waals surface area (Å²) in [4.78, 5) is 37.4. The topological polar surface area (TPSA) is 111 Å². The van der Waals surface area contributed by atoms with E-state index in [2.05, 4.69) is 135 Å². The maximum absolute atomic E-state index is 12.9. The Bertz CT molecular complexity index is 1670. The normalized spacial score (nSPS) is 13.6. The van der Waals surface area contributed by atoms with Crippen molar-refractivity contribution in [3.8, 4) is 0 Å². The lowest BCUT2D eigenvalue weighted by molar-refractivity contribution is -0.870. The van der Waals surface area contributed by atoms with Crippen molar-refractivity contribution in [1.82, 2.24) is 0 Å². The lowest BCUT2D eigenvalue weighted by Crippen LogP contribution is -2.44. The fourth-order valence-electron chi connectivity index (χ4n) is 7.99. The molecule has 0 amide bonds. The highest BCUT2D eigenvalue weighted by molar-refractivity contribution is 5.70. The van der Waals surface area contributed by atoms with Crippen molar-refractivity contribution in [3.05, 3.63) is 122 Å². The third-order valence-electron chi connectivity index (χ3n) is 12.7. The molecule has 77 heavy (non-hydrogen) atoms. The first-order valence-electron chi connectivity index (χ1n) is 30.7. The molecule has 0 fully saturated rings. The highest BCUT2D eigenvalue weighted by atomic mass is 16.7. The molecule has 0 rings (SSSR count). The van der Waals surface area contributed by atoms with E-state index >= 15 is 0 Å². The summed E-state index contributed by atoms with van der Waals surface area (Å²) in [5, 5.41) is 11.8. The van der Waals surface area contributed by atoms with Crippen LogP contribution in [-0.2, 0) is 33.3 Å². The van der Waals surface area contributed by atoms with Gasteiger partial charge in [0, 0.05) is 12.8 Å². The van der Waals surface area contributed by atoms with Crippen LogP contribution >= 0.6 is 0 Å². The number of hydrogen-bond donors (Lipinski definition) is 0. The molecule has 9 nitrogen and oxygen atoms in total. The van der Waals surface area contributed by atoms with Gasteiger partial charge in [-0.25, -0.2) is 0 Å². The van der Waals surface area contributed by atoms with Crippen molar-refractivity contribution < 1.29 is 42.9 Å². The first-order chi connectivity index (χ1) is 37.6. The molecule has 0 aliphatic heterocycles. The van der Waals surface area contributed by atoms with E-state index in [1.165, 1.54) is 83.5 Å². The largest absolute Gasteiger partial charge is 0.545 e. The lowest BCUT2D eigenvalue weighted by atomic mass is 10.1. The molecule has 0 aromatic rings. The van der Waals surface area contributed by atoms with Gasteiger partial charge in [0.05, 0.1) is 40.3 Å². The van der Waals surface area contributed by atoms with Crippen molar-refractivity contribution >= 4 is 17.9 Å². The molecule has 9 heteroatoms. The van der Waals surface area contributed by atoms with Gasteiger partial charge in [0.15, 0.2) is 12.4 Å². The van der Waals surface area contributed by atoms with Gasteiger partial charge in [-0.1, -0.05) is 232 Å². The number of carboxylic acids is 1. The van der Waals surface area contributed by atoms with Crippen molar-refractivity contribution in [3.63, 3.8) is 0 Å². The Labute approximate surface area is 472 Å². The molecule has 0 aliphatic rings. The third-order valence-corrected chi connectivity index (χ3v) is 12.7. The van der Waals surface area contributed by atoms with E-state index in [1.807, 2.05) is 21.1 Å². The lowest BCUT2D eigenvalue weighted by Gasteiger charge is -2.26. The molecule has 0 aromatic carbocycles. The molecule has 438 valence electrons. The predicted molar refractivity (Wildman–Crippen MR) is 324 cm³/mol. The average molecular weight is 1070 g/mol. The molecule has 2 atom stereocenters. The van der Waals surface area contributed by atoms with Crippen LogP contribution in [0.4, 0.5) is 0 Å². The summed E-state index contributed by atoms with van der Waals surface area (Å²) in [5.74, 6) is -2.32. The molecule has 2 unspecified atom stereocenters. The molecule has 0 spiro atoms. The molecule has 0 aliphatic carbocycles. The molecule has 0 bridgehead atoms. The first kappa shape index (κ1) is 72.7. The molecular formula is C68H113NO8. The number of carbonyl (C=O) groups excluding carboxylic acids is 3. The zero-order chi connectivity index (χ0) is 56.2. The molecule has 0 radical (unpaired) electrons. The van der Waals surface area contributed by atoms with Crippen molar-refractivity contribution in [1.29, 1.82) is 0 Å². The number of rotatable bonds is 55. The third kappa shape index (κ3) is 59.2. The second kappa shape index (κ2) is 57.9. The molecule has 0 saturated heterocycles. The van der Waals surface area contributed by atoms with Gasteiger partial charge in [-0.3, -0.25) is 9.59 Å². The van der Waals surface area contributed by atoms with E-state index in [0.717, 1.165) is 116 Å². The van der Waals surface area contributed by atoms with Gasteiger partial charge < -0.3 is 33.3 Å². The van der Waals surface area contributed by atoms with Gasteiger partial charge >= 0.3 is 11.9 Å². The van der Waals surface area contributed by atoms with Gasteiger partial charge in [0.25, 0.3) is 0 Å². The molecule has 0 aromatic heterocycles. The van der Waals surface area contributed by atoms with Crippen molar-refractivity contribution in [2.45, 2.75) is 245 Å². The number of carbonyl (C=O) groups is 3. The van der Waals surface area contributed by atoms with Crippen molar-refractivity contribution in [2.24, 2.45) is 0 Å². The molecule has 0 heterocycles. The van der Waals surface area contributed by atoms with Gasteiger partial charge in [-0.05, 0) is 109 Å². The summed E-state index contributed by atoms with van der Waals surface area (Å²) in [6.07, 6.45) is 78.1. The number of esters is 2. The smallest absolute Gasteiger partial charge is 0.306 e. The molecule has 0 N–H and O–H groups in total. The SMILES string of the molecule is CC/C=C\C/C=C\C/C=C\C/C=C\C/C=C\C/C=C\C/C=C\CCCCCCCCCC(=O)OC(COC(=O)CCCCCCCCCC/C=C\C/C=C\C/C=C\CCCCCCC)COC(OCC[N+](C)(C)C)C(=O)[O-]. The minimum absolute atomic E-state index is 0.137. The van der Waals surface area contributed by atoms with Gasteiger partial charge in [0.2, 0.25) is 0 Å². The standard InChI is InChI=1S/C68H113NO8/c1-6-8-10-12-14-16-18-20-22-24-26-28-30-31-32-33-34-35-37-39-41-43-45-47-49-51-53-55-57-59-66(71)77-64(63-76-68(67(72)73)74-61-60-69(3,4)5)62-75-65(70)58-56-54-52-50-48-46-44-42-40-38-36-29-27-25-23-21-19-17-15-13-11-9-7-2/h8,10,14,16,19-22,25-28,31-32,34-36,38-39,41,64,68H,6-7,9,11-13,15,17-18,23-24,29-30,33,37,40,42-63H2,1-5H3/b10-8-,16-14-,21-19-,22-20-,27-25-,28-26-,32-31-,35-34-,38-36-,41-39-. The maximum atomic E-state index is 12.9. The molecular weight excluding hydrogens is 959 g/mol. The minimum atomic E-state index is -1.63. The van der Waals surface area contributed by atoms with Crippen LogP contribution < -0.4 is 5.11 Å². The number of nitrogens with zero attached hydrogens (tertiary/aromatic N) is 1. The van der Waals surface area contributed by atoms with E-state index in [-0.39, 0.29) is 38.6 Å². The van der Waals surface area contributed by atoms with Gasteiger partial charge in [0.1, 0.15) is 13.2 Å². The number of carboxylic acid groups (broad SMARTS) is 1. The zero-order valence-electron chi connectivity index (χ0n) is 49.8. The first-order valence-corrected chi connectivity index (χ1v) is 30.7. The highest BCUT2D eigenvalue weighted by Gasteiger charge is 2.22. The number of hydrogen-bond acceptors (Lipinski definition) is 8. The van der Waals surface area contributed by atoms with E-state index in [0.29, 0.717) is 17.4 Å². The number of aliphatic carboxylic acids is 1. The summed E-state index contributed by atoms with van der Waals surface area (Å²) in [6, 6.07) is 0. The summed E-state index contributed by atoms with van der Waals surface area (Å²) in [7, 11) is 5.91. The van der Waals surface area contributed by atoms with Crippen LogP contribution in [0.2, 0.25) is 0 Å². The monoisotopic (exact) mass is 1070 g/mol.